The van der Waals surface area contributed by atoms with Gasteiger partial charge in [0.1, 0.15) is 0 Å². The third-order valence-electron chi connectivity index (χ3n) is 11.8. The molecule has 7 aromatic carbocycles. The topological polar surface area (TPSA) is 9.86 Å². The van der Waals surface area contributed by atoms with Gasteiger partial charge < -0.3 is 9.13 Å². The van der Waals surface area contributed by atoms with Crippen LogP contribution in [0.15, 0.2) is 146 Å². The number of benzene rings is 7. The summed E-state index contributed by atoms with van der Waals surface area (Å²) in [6, 6.07) is 54.1. The molecule has 0 fully saturated rings. The van der Waals surface area contributed by atoms with Crippen molar-refractivity contribution in [3.8, 4) is 22.5 Å². The van der Waals surface area contributed by atoms with E-state index in [2.05, 4.69) is 182 Å². The molecule has 0 bridgehead atoms. The second kappa shape index (κ2) is 10.5. The second-order valence-electron chi connectivity index (χ2n) is 15.6. The molecule has 9 aromatic rings. The van der Waals surface area contributed by atoms with Crippen LogP contribution in [0.5, 0.6) is 0 Å². The van der Waals surface area contributed by atoms with E-state index in [-0.39, 0.29) is 10.8 Å². The van der Waals surface area contributed by atoms with Crippen LogP contribution in [0.1, 0.15) is 51.7 Å². The summed E-state index contributed by atoms with van der Waals surface area (Å²) in [5, 5.41) is 7.89. The Hall–Kier alpha value is -5.60. The summed E-state index contributed by atoms with van der Waals surface area (Å²) in [7, 11) is 0. The van der Waals surface area contributed by atoms with E-state index in [4.69, 9.17) is 0 Å². The maximum atomic E-state index is 2.58. The van der Waals surface area contributed by atoms with Crippen LogP contribution < -0.4 is 0 Å². The molecule has 2 heterocycles. The highest BCUT2D eigenvalue weighted by atomic mass is 15.0. The first-order valence-corrected chi connectivity index (χ1v) is 18.0. The van der Waals surface area contributed by atoms with Crippen molar-refractivity contribution in [1.82, 2.24) is 9.13 Å². The van der Waals surface area contributed by atoms with Crippen molar-refractivity contribution in [2.75, 3.05) is 0 Å². The Morgan fingerprint density at radius 2 is 0.900 bits per heavy atom. The van der Waals surface area contributed by atoms with Gasteiger partial charge in [0.15, 0.2) is 0 Å². The lowest BCUT2D eigenvalue weighted by molar-refractivity contribution is 0.332. The van der Waals surface area contributed by atoms with Crippen LogP contribution in [0.4, 0.5) is 0 Å². The molecule has 242 valence electrons. The average Bonchev–Trinajstić information content (AvgIpc) is 3.66. The molecular formula is C48H40N2. The van der Waals surface area contributed by atoms with E-state index in [1.807, 2.05) is 0 Å². The Labute approximate surface area is 293 Å². The van der Waals surface area contributed by atoms with E-state index in [1.54, 1.807) is 0 Å². The molecule has 10 rings (SSSR count). The van der Waals surface area contributed by atoms with Crippen LogP contribution >= 0.6 is 0 Å². The van der Waals surface area contributed by atoms with Gasteiger partial charge in [-0.25, -0.2) is 0 Å². The number of aromatic nitrogens is 2. The molecule has 0 unspecified atom stereocenters. The molecule has 2 aromatic heterocycles. The van der Waals surface area contributed by atoms with E-state index >= 15 is 0 Å². The van der Waals surface area contributed by atoms with Crippen LogP contribution in [0.25, 0.3) is 76.9 Å². The van der Waals surface area contributed by atoms with Gasteiger partial charge in [0.25, 0.3) is 0 Å². The van der Waals surface area contributed by atoms with Crippen molar-refractivity contribution < 1.29 is 0 Å². The molecule has 0 atom stereocenters. The number of para-hydroxylation sites is 1. The number of hydrogen-bond donors (Lipinski definition) is 0. The van der Waals surface area contributed by atoms with Gasteiger partial charge in [-0.2, -0.15) is 0 Å². The van der Waals surface area contributed by atoms with Gasteiger partial charge in [0.2, 0.25) is 0 Å². The van der Waals surface area contributed by atoms with Crippen LogP contribution in [0.2, 0.25) is 0 Å². The molecule has 2 heteroatoms. The third-order valence-corrected chi connectivity index (χ3v) is 11.8. The van der Waals surface area contributed by atoms with Crippen molar-refractivity contribution in [2.24, 2.45) is 0 Å². The summed E-state index contributed by atoms with van der Waals surface area (Å²) in [5.41, 5.74) is 13.0. The first-order chi connectivity index (χ1) is 24.3. The summed E-state index contributed by atoms with van der Waals surface area (Å²) < 4.78 is 5.01. The van der Waals surface area contributed by atoms with E-state index in [0.717, 1.165) is 0 Å². The predicted octanol–water partition coefficient (Wildman–Crippen LogP) is 13.0. The number of nitrogens with zero attached hydrogens (tertiary/aromatic N) is 2. The molecule has 2 nitrogen and oxygen atoms in total. The van der Waals surface area contributed by atoms with Crippen molar-refractivity contribution >= 4 is 54.4 Å². The summed E-state index contributed by atoms with van der Waals surface area (Å²) >= 11 is 0. The van der Waals surface area contributed by atoms with E-state index in [0.29, 0.717) is 0 Å². The Kier molecular flexibility index (Phi) is 6.13. The van der Waals surface area contributed by atoms with Crippen LogP contribution in [-0.4, -0.2) is 9.13 Å². The highest BCUT2D eigenvalue weighted by molar-refractivity contribution is 6.33. The van der Waals surface area contributed by atoms with Crippen molar-refractivity contribution in [3.05, 3.63) is 157 Å². The quantitative estimate of drug-likeness (QED) is 0.181. The minimum Gasteiger partial charge on any atom is -0.309 e. The van der Waals surface area contributed by atoms with Gasteiger partial charge in [0.05, 0.1) is 22.1 Å². The maximum Gasteiger partial charge on any atom is 0.0549 e. The predicted molar refractivity (Wildman–Crippen MR) is 213 cm³/mol. The fraction of sp³-hybridized carbons (Fsp3) is 0.167. The van der Waals surface area contributed by atoms with Crippen LogP contribution in [0, 0.1) is 0 Å². The van der Waals surface area contributed by atoms with E-state index in [9.17, 15) is 0 Å². The Morgan fingerprint density at radius 1 is 0.400 bits per heavy atom. The van der Waals surface area contributed by atoms with Gasteiger partial charge in [-0.3, -0.25) is 0 Å². The van der Waals surface area contributed by atoms with Gasteiger partial charge in [0, 0.05) is 32.9 Å². The average molecular weight is 645 g/mol. The zero-order valence-electron chi connectivity index (χ0n) is 29.2. The normalized spacial score (nSPS) is 15.4. The van der Waals surface area contributed by atoms with Crippen molar-refractivity contribution in [1.29, 1.82) is 0 Å². The van der Waals surface area contributed by atoms with Crippen LogP contribution in [-0.2, 0) is 10.8 Å². The molecule has 0 aliphatic heterocycles. The lowest BCUT2D eigenvalue weighted by Crippen LogP contribution is -2.33. The van der Waals surface area contributed by atoms with Gasteiger partial charge >= 0.3 is 0 Å². The fourth-order valence-electron chi connectivity index (χ4n) is 9.00. The van der Waals surface area contributed by atoms with E-state index < -0.39 is 0 Å². The first-order valence-electron chi connectivity index (χ1n) is 18.0. The van der Waals surface area contributed by atoms with Gasteiger partial charge in [-0.05, 0) is 111 Å². The highest BCUT2D eigenvalue weighted by Crippen LogP contribution is 2.50. The second-order valence-corrected chi connectivity index (χ2v) is 15.6. The lowest BCUT2D eigenvalue weighted by atomic mass is 9.63. The monoisotopic (exact) mass is 644 g/mol. The lowest BCUT2D eigenvalue weighted by Gasteiger charge is -2.42. The summed E-state index contributed by atoms with van der Waals surface area (Å²) in [4.78, 5) is 0. The van der Waals surface area contributed by atoms with Crippen molar-refractivity contribution in [2.45, 2.75) is 51.4 Å². The molecule has 0 amide bonds. The number of rotatable bonds is 3. The zero-order chi connectivity index (χ0) is 33.8. The zero-order valence-corrected chi connectivity index (χ0v) is 29.2. The maximum absolute atomic E-state index is 2.58. The largest absolute Gasteiger partial charge is 0.309 e. The molecular weight excluding hydrogens is 605 g/mol. The number of hydrogen-bond acceptors (Lipinski definition) is 0. The van der Waals surface area contributed by atoms with Crippen LogP contribution in [0.3, 0.4) is 0 Å². The SMILES string of the molecule is CC1(C)CCC(C)(C)c2cc3c(cc21)c1c2c4c5ccccc5ccc4n(-c4ccccc4)c2ccc1n3-c1ccc(-c2ccccc2)cc1. The molecule has 0 radical (unpaired) electrons. The van der Waals surface area contributed by atoms with Gasteiger partial charge in [-0.15, -0.1) is 0 Å². The Balaban J connectivity index is 1.40. The minimum atomic E-state index is 0.101. The molecule has 0 N–H and O–H groups in total. The minimum absolute atomic E-state index is 0.101. The Bertz CT molecular complexity index is 2780. The van der Waals surface area contributed by atoms with Crippen molar-refractivity contribution in [3.63, 3.8) is 0 Å². The molecule has 0 saturated heterocycles. The molecule has 50 heavy (non-hydrogen) atoms. The molecule has 1 aliphatic carbocycles. The standard InChI is InChI=1S/C48H40N2/c1-47(2)27-28-48(3,4)39-30-43-37(29-38(39)47)45-41(50(43)35-22-19-32(20-23-35)31-13-7-5-8-14-31)25-26-42-46(45)44-36-18-12-11-15-33(36)21-24-40(44)49(42)34-16-9-6-10-17-34/h5-26,29-30H,27-28H2,1-4H3. The van der Waals surface area contributed by atoms with E-state index in [1.165, 1.54) is 101 Å². The highest BCUT2D eigenvalue weighted by Gasteiger charge is 2.38. The smallest absolute Gasteiger partial charge is 0.0549 e. The molecule has 0 saturated carbocycles. The molecule has 0 spiro atoms. The summed E-state index contributed by atoms with van der Waals surface area (Å²) in [5.74, 6) is 0. The summed E-state index contributed by atoms with van der Waals surface area (Å²) in [6.07, 6.45) is 2.37. The third kappa shape index (κ3) is 4.15. The molecule has 1 aliphatic rings. The number of fused-ring (bicyclic) bond motifs is 10. The van der Waals surface area contributed by atoms with Gasteiger partial charge in [-0.1, -0.05) is 119 Å². The first kappa shape index (κ1) is 29.3. The summed E-state index contributed by atoms with van der Waals surface area (Å²) in [6.45, 7) is 9.76. The fourth-order valence-corrected chi connectivity index (χ4v) is 9.00. The Morgan fingerprint density at radius 3 is 1.60 bits per heavy atom.